The van der Waals surface area contributed by atoms with E-state index >= 15 is 0 Å². The van der Waals surface area contributed by atoms with Crippen LogP contribution in [0.15, 0.2) is 30.5 Å². The molecule has 0 aliphatic heterocycles. The van der Waals surface area contributed by atoms with Gasteiger partial charge >= 0.3 is 0 Å². The Balaban J connectivity index is 2.27. The molecule has 0 saturated carbocycles. The van der Waals surface area contributed by atoms with Crippen LogP contribution in [0.2, 0.25) is 0 Å². The van der Waals surface area contributed by atoms with Crippen molar-refractivity contribution < 1.29 is 13.9 Å². The monoisotopic (exact) mass is 250 g/mol. The number of anilines is 1. The molecule has 18 heavy (non-hydrogen) atoms. The van der Waals surface area contributed by atoms with E-state index in [0.29, 0.717) is 11.5 Å². The van der Waals surface area contributed by atoms with Gasteiger partial charge in [-0.05, 0) is 12.1 Å². The van der Waals surface area contributed by atoms with Crippen LogP contribution in [0, 0.1) is 5.82 Å². The first kappa shape index (κ1) is 12.1. The van der Waals surface area contributed by atoms with Gasteiger partial charge in [-0.1, -0.05) is 6.07 Å². The molecule has 2 aromatic rings. The number of hydrazine groups is 1. The number of nitrogens with zero attached hydrogens (tertiary/aromatic N) is 2. The highest BCUT2D eigenvalue weighted by Gasteiger charge is 2.09. The van der Waals surface area contributed by atoms with Crippen molar-refractivity contribution in [2.45, 2.75) is 0 Å². The van der Waals surface area contributed by atoms with Crippen molar-refractivity contribution in [1.82, 2.24) is 9.97 Å². The number of halogens is 1. The number of hydrogen-bond donors (Lipinski definition) is 2. The molecule has 1 aromatic heterocycles. The number of nitrogens with two attached hydrogens (primary N) is 1. The summed E-state index contributed by atoms with van der Waals surface area (Å²) >= 11 is 0. The molecule has 0 amide bonds. The van der Waals surface area contributed by atoms with Gasteiger partial charge in [-0.2, -0.15) is 9.37 Å². The van der Waals surface area contributed by atoms with Gasteiger partial charge in [-0.3, -0.25) is 5.43 Å². The number of hydrogen-bond acceptors (Lipinski definition) is 6. The van der Waals surface area contributed by atoms with Gasteiger partial charge in [0.2, 0.25) is 11.8 Å². The topological polar surface area (TPSA) is 82.3 Å². The molecule has 0 fully saturated rings. The summed E-state index contributed by atoms with van der Waals surface area (Å²) in [5.41, 5.74) is 2.21. The highest BCUT2D eigenvalue weighted by Crippen LogP contribution is 2.25. The van der Waals surface area contributed by atoms with Crippen molar-refractivity contribution in [2.24, 2.45) is 5.84 Å². The Kier molecular flexibility index (Phi) is 3.54. The highest BCUT2D eigenvalue weighted by molar-refractivity contribution is 5.36. The van der Waals surface area contributed by atoms with Gasteiger partial charge in [-0.15, -0.1) is 0 Å². The van der Waals surface area contributed by atoms with E-state index in [1.807, 2.05) is 0 Å². The van der Waals surface area contributed by atoms with Crippen LogP contribution in [0.25, 0.3) is 0 Å². The summed E-state index contributed by atoms with van der Waals surface area (Å²) in [5.74, 6) is 5.29. The molecular weight excluding hydrogens is 239 g/mol. The molecule has 0 atom stereocenters. The Bertz CT molecular complexity index is 550. The van der Waals surface area contributed by atoms with Gasteiger partial charge < -0.3 is 9.47 Å². The molecule has 3 N–H and O–H groups in total. The van der Waals surface area contributed by atoms with Gasteiger partial charge in [0.15, 0.2) is 0 Å². The number of aromatic nitrogens is 2. The van der Waals surface area contributed by atoms with E-state index in [1.54, 1.807) is 24.3 Å². The first-order valence-corrected chi connectivity index (χ1v) is 5.04. The summed E-state index contributed by atoms with van der Waals surface area (Å²) in [5, 5.41) is 0. The normalized spacial score (nSPS) is 9.94. The molecule has 0 saturated heterocycles. The number of nitrogens with one attached hydrogen (secondary N) is 1. The lowest BCUT2D eigenvalue weighted by Crippen LogP contribution is -2.11. The smallest absolute Gasteiger partial charge is 0.260 e. The van der Waals surface area contributed by atoms with E-state index in [9.17, 15) is 4.39 Å². The minimum atomic E-state index is -0.684. The molecule has 0 spiro atoms. The van der Waals surface area contributed by atoms with Crippen LogP contribution >= 0.6 is 0 Å². The standard InChI is InChI=1S/C11H11FN4O2/c1-17-7-3-2-4-8(5-7)18-10-9(12)6-14-11(15-10)16-13/h2-6H,13H2,1H3,(H,14,15,16). The third-order valence-electron chi connectivity index (χ3n) is 2.10. The largest absolute Gasteiger partial charge is 0.497 e. The maximum absolute atomic E-state index is 13.4. The Morgan fingerprint density at radius 3 is 2.83 bits per heavy atom. The van der Waals surface area contributed by atoms with E-state index < -0.39 is 5.82 Å². The SMILES string of the molecule is COc1cccc(Oc2nc(NN)ncc2F)c1. The van der Waals surface area contributed by atoms with Crippen molar-refractivity contribution in [3.63, 3.8) is 0 Å². The molecule has 0 unspecified atom stereocenters. The fourth-order valence-electron chi connectivity index (χ4n) is 1.27. The Labute approximate surface area is 103 Å². The molecule has 6 nitrogen and oxygen atoms in total. The number of rotatable bonds is 4. The molecule has 1 heterocycles. The zero-order chi connectivity index (χ0) is 13.0. The lowest BCUT2D eigenvalue weighted by atomic mass is 10.3. The minimum Gasteiger partial charge on any atom is -0.497 e. The van der Waals surface area contributed by atoms with Gasteiger partial charge in [0.05, 0.1) is 13.3 Å². The second-order valence-corrected chi connectivity index (χ2v) is 3.27. The van der Waals surface area contributed by atoms with E-state index in [4.69, 9.17) is 15.3 Å². The van der Waals surface area contributed by atoms with Crippen molar-refractivity contribution >= 4 is 5.95 Å². The summed E-state index contributed by atoms with van der Waals surface area (Å²) in [6.45, 7) is 0. The number of nitrogen functional groups attached to an aromatic ring is 1. The molecule has 0 aliphatic carbocycles. The third-order valence-corrected chi connectivity index (χ3v) is 2.10. The summed E-state index contributed by atoms with van der Waals surface area (Å²) in [6, 6.07) is 6.72. The Morgan fingerprint density at radius 1 is 1.33 bits per heavy atom. The Morgan fingerprint density at radius 2 is 2.11 bits per heavy atom. The lowest BCUT2D eigenvalue weighted by Gasteiger charge is -2.07. The number of ether oxygens (including phenoxy) is 2. The maximum atomic E-state index is 13.4. The molecule has 0 radical (unpaired) electrons. The van der Waals surface area contributed by atoms with E-state index in [1.165, 1.54) is 7.11 Å². The first-order valence-electron chi connectivity index (χ1n) is 5.04. The van der Waals surface area contributed by atoms with Crippen LogP contribution in [-0.2, 0) is 0 Å². The number of methoxy groups -OCH3 is 1. The first-order chi connectivity index (χ1) is 8.72. The van der Waals surface area contributed by atoms with Crippen molar-refractivity contribution in [3.05, 3.63) is 36.3 Å². The minimum absolute atomic E-state index is 0.0642. The zero-order valence-electron chi connectivity index (χ0n) is 9.55. The third kappa shape index (κ3) is 2.64. The quantitative estimate of drug-likeness (QED) is 0.635. The molecule has 94 valence electrons. The highest BCUT2D eigenvalue weighted by atomic mass is 19.1. The van der Waals surface area contributed by atoms with Crippen molar-refractivity contribution in [2.75, 3.05) is 12.5 Å². The average molecular weight is 250 g/mol. The molecule has 1 aromatic carbocycles. The summed E-state index contributed by atoms with van der Waals surface area (Å²) < 4.78 is 23.7. The zero-order valence-corrected chi connectivity index (χ0v) is 9.55. The average Bonchev–Trinajstić information content (AvgIpc) is 2.41. The predicted molar refractivity (Wildman–Crippen MR) is 62.9 cm³/mol. The summed E-state index contributed by atoms with van der Waals surface area (Å²) in [7, 11) is 1.53. The van der Waals surface area contributed by atoms with Crippen LogP contribution < -0.4 is 20.7 Å². The van der Waals surface area contributed by atoms with Crippen LogP contribution in [0.5, 0.6) is 17.4 Å². The van der Waals surface area contributed by atoms with Crippen LogP contribution in [0.3, 0.4) is 0 Å². The molecule has 2 rings (SSSR count). The fraction of sp³-hybridized carbons (Fsp3) is 0.0909. The summed E-state index contributed by atoms with van der Waals surface area (Å²) in [6.07, 6.45) is 0.970. The molecular formula is C11H11FN4O2. The van der Waals surface area contributed by atoms with Crippen molar-refractivity contribution in [1.29, 1.82) is 0 Å². The molecule has 0 aliphatic rings. The van der Waals surface area contributed by atoms with E-state index in [0.717, 1.165) is 6.20 Å². The van der Waals surface area contributed by atoms with E-state index in [2.05, 4.69) is 15.4 Å². The van der Waals surface area contributed by atoms with Gasteiger partial charge in [0.25, 0.3) is 5.88 Å². The van der Waals surface area contributed by atoms with Crippen LogP contribution in [-0.4, -0.2) is 17.1 Å². The number of benzene rings is 1. The summed E-state index contributed by atoms with van der Waals surface area (Å²) in [4.78, 5) is 7.36. The van der Waals surface area contributed by atoms with Gasteiger partial charge in [0, 0.05) is 6.07 Å². The van der Waals surface area contributed by atoms with Gasteiger partial charge in [-0.25, -0.2) is 10.8 Å². The van der Waals surface area contributed by atoms with E-state index in [-0.39, 0.29) is 11.8 Å². The van der Waals surface area contributed by atoms with Crippen LogP contribution in [0.1, 0.15) is 0 Å². The van der Waals surface area contributed by atoms with Crippen molar-refractivity contribution in [3.8, 4) is 17.4 Å². The lowest BCUT2D eigenvalue weighted by molar-refractivity contribution is 0.399. The Hall–Kier alpha value is -2.41. The molecule has 7 heteroatoms. The van der Waals surface area contributed by atoms with Crippen LogP contribution in [0.4, 0.5) is 10.3 Å². The maximum Gasteiger partial charge on any atom is 0.260 e. The predicted octanol–water partition coefficient (Wildman–Crippen LogP) is 1.70. The molecule has 0 bridgehead atoms. The second kappa shape index (κ2) is 5.28. The van der Waals surface area contributed by atoms with Gasteiger partial charge in [0.1, 0.15) is 11.5 Å². The second-order valence-electron chi connectivity index (χ2n) is 3.27. The fourth-order valence-corrected chi connectivity index (χ4v) is 1.27.